The van der Waals surface area contributed by atoms with Crippen molar-refractivity contribution < 1.29 is 14.3 Å². The van der Waals surface area contributed by atoms with E-state index in [1.54, 1.807) is 7.05 Å². The third-order valence-electron chi connectivity index (χ3n) is 3.23. The summed E-state index contributed by atoms with van der Waals surface area (Å²) in [5.74, 6) is 0.713. The maximum absolute atomic E-state index is 12.2. The number of guanidine groups is 1. The van der Waals surface area contributed by atoms with Crippen molar-refractivity contribution in [2.24, 2.45) is 4.99 Å². The summed E-state index contributed by atoms with van der Waals surface area (Å²) in [7, 11) is 1.72. The molecule has 0 saturated heterocycles. The van der Waals surface area contributed by atoms with Gasteiger partial charge < -0.3 is 25.0 Å². The quantitative estimate of drug-likeness (QED) is 0.254. The van der Waals surface area contributed by atoms with Gasteiger partial charge in [-0.25, -0.2) is 4.79 Å². The van der Waals surface area contributed by atoms with Crippen molar-refractivity contribution in [1.29, 1.82) is 0 Å². The van der Waals surface area contributed by atoms with E-state index in [4.69, 9.17) is 9.47 Å². The van der Waals surface area contributed by atoms with Gasteiger partial charge in [0.05, 0.1) is 6.61 Å². The molecule has 0 atom stereocenters. The van der Waals surface area contributed by atoms with Crippen molar-refractivity contribution in [1.82, 2.24) is 15.5 Å². The molecular weight excluding hydrogens is 423 g/mol. The molecule has 0 bridgehead atoms. The first-order valence-corrected chi connectivity index (χ1v) is 8.39. The molecule has 1 aliphatic rings. The second-order valence-electron chi connectivity index (χ2n) is 6.53. The van der Waals surface area contributed by atoms with Gasteiger partial charge in [0, 0.05) is 39.3 Å². The number of halogens is 1. The van der Waals surface area contributed by atoms with E-state index in [9.17, 15) is 4.79 Å². The topological polar surface area (TPSA) is 75.2 Å². The van der Waals surface area contributed by atoms with Gasteiger partial charge in [0.25, 0.3) is 0 Å². The van der Waals surface area contributed by atoms with Crippen LogP contribution in [-0.2, 0) is 9.47 Å². The molecule has 0 aromatic rings. The first-order chi connectivity index (χ1) is 10.9. The molecular formula is C16H33IN4O3. The molecule has 0 heterocycles. The third-order valence-corrected chi connectivity index (χ3v) is 3.23. The van der Waals surface area contributed by atoms with Crippen LogP contribution in [0.4, 0.5) is 4.79 Å². The summed E-state index contributed by atoms with van der Waals surface area (Å²) in [5.41, 5.74) is -0.464. The summed E-state index contributed by atoms with van der Waals surface area (Å²) in [6.07, 6.45) is 1.88. The highest BCUT2D eigenvalue weighted by molar-refractivity contribution is 14.0. The van der Waals surface area contributed by atoms with Gasteiger partial charge in [-0.3, -0.25) is 4.99 Å². The molecule has 0 aliphatic heterocycles. The fourth-order valence-corrected chi connectivity index (χ4v) is 2.03. The normalized spacial score (nSPS) is 14.6. The molecule has 1 amide bonds. The molecule has 24 heavy (non-hydrogen) atoms. The van der Waals surface area contributed by atoms with E-state index >= 15 is 0 Å². The van der Waals surface area contributed by atoms with Crippen LogP contribution in [0.25, 0.3) is 0 Å². The largest absolute Gasteiger partial charge is 0.444 e. The van der Waals surface area contributed by atoms with Crippen LogP contribution in [0.5, 0.6) is 0 Å². The molecule has 0 aromatic heterocycles. The lowest BCUT2D eigenvalue weighted by atomic mass is 10.2. The zero-order chi connectivity index (χ0) is 17.3. The van der Waals surface area contributed by atoms with Gasteiger partial charge in [-0.2, -0.15) is 0 Å². The Morgan fingerprint density at radius 2 is 1.88 bits per heavy atom. The van der Waals surface area contributed by atoms with Crippen molar-refractivity contribution in [3.05, 3.63) is 0 Å². The second kappa shape index (κ2) is 11.7. The molecule has 0 aromatic carbocycles. The van der Waals surface area contributed by atoms with Crippen molar-refractivity contribution in [3.63, 3.8) is 0 Å². The third kappa shape index (κ3) is 10.2. The van der Waals surface area contributed by atoms with Crippen molar-refractivity contribution in [2.75, 3.05) is 39.9 Å². The summed E-state index contributed by atoms with van der Waals surface area (Å²) in [6, 6.07) is 0.319. The number of carbonyl (C=O) groups excluding carboxylic acids is 1. The molecule has 1 rings (SSSR count). The minimum Gasteiger partial charge on any atom is -0.444 e. The number of hydrogen-bond donors (Lipinski definition) is 2. The number of aliphatic imine (C=N–C) groups is 1. The maximum Gasteiger partial charge on any atom is 0.410 e. The van der Waals surface area contributed by atoms with Gasteiger partial charge in [0.15, 0.2) is 5.96 Å². The molecule has 0 unspecified atom stereocenters. The number of ether oxygens (including phenoxy) is 2. The van der Waals surface area contributed by atoms with Crippen LogP contribution in [0.1, 0.15) is 40.5 Å². The van der Waals surface area contributed by atoms with E-state index < -0.39 is 5.60 Å². The zero-order valence-corrected chi connectivity index (χ0v) is 17.9. The van der Waals surface area contributed by atoms with Gasteiger partial charge in [-0.05, 0) is 40.5 Å². The molecule has 0 radical (unpaired) electrons. The van der Waals surface area contributed by atoms with Crippen LogP contribution >= 0.6 is 24.0 Å². The van der Waals surface area contributed by atoms with Crippen molar-refractivity contribution in [2.45, 2.75) is 52.2 Å². The van der Waals surface area contributed by atoms with Crippen molar-refractivity contribution >= 4 is 36.0 Å². The lowest BCUT2D eigenvalue weighted by molar-refractivity contribution is 0.0238. The summed E-state index contributed by atoms with van der Waals surface area (Å²) in [5, 5.41) is 6.38. The highest BCUT2D eigenvalue weighted by atomic mass is 127. The van der Waals surface area contributed by atoms with Gasteiger partial charge >= 0.3 is 6.09 Å². The van der Waals surface area contributed by atoms with Crippen LogP contribution in [0, 0.1) is 0 Å². The lowest BCUT2D eigenvalue weighted by Crippen LogP contribution is -2.45. The lowest BCUT2D eigenvalue weighted by Gasteiger charge is -2.27. The number of carbonyl (C=O) groups is 1. The Balaban J connectivity index is 0.00000529. The Morgan fingerprint density at radius 3 is 2.38 bits per heavy atom. The maximum atomic E-state index is 12.2. The molecule has 1 aliphatic carbocycles. The van der Waals surface area contributed by atoms with E-state index in [0.717, 1.165) is 12.8 Å². The Bertz CT molecular complexity index is 395. The van der Waals surface area contributed by atoms with E-state index in [-0.39, 0.29) is 30.1 Å². The predicted molar refractivity (Wildman–Crippen MR) is 107 cm³/mol. The smallest absolute Gasteiger partial charge is 0.410 e. The van der Waals surface area contributed by atoms with Crippen LogP contribution in [0.15, 0.2) is 4.99 Å². The molecule has 8 heteroatoms. The average Bonchev–Trinajstić information content (AvgIpc) is 3.28. The molecule has 142 valence electrons. The summed E-state index contributed by atoms with van der Waals surface area (Å²) in [6.45, 7) is 10.9. The summed E-state index contributed by atoms with van der Waals surface area (Å²) in [4.78, 5) is 18.2. The Morgan fingerprint density at radius 1 is 1.25 bits per heavy atom. The number of nitrogens with one attached hydrogen (secondary N) is 2. The van der Waals surface area contributed by atoms with Gasteiger partial charge in [0.2, 0.25) is 0 Å². The van der Waals surface area contributed by atoms with Crippen LogP contribution < -0.4 is 10.6 Å². The number of rotatable bonds is 8. The summed E-state index contributed by atoms with van der Waals surface area (Å²) < 4.78 is 10.7. The predicted octanol–water partition coefficient (Wildman–Crippen LogP) is 2.21. The Kier molecular flexibility index (Phi) is 11.4. The molecule has 1 saturated carbocycles. The fourth-order valence-electron chi connectivity index (χ4n) is 2.03. The second-order valence-corrected chi connectivity index (χ2v) is 6.53. The van der Waals surface area contributed by atoms with E-state index in [0.29, 0.717) is 44.8 Å². The SMILES string of the molecule is CCOCCNC(=NC)NCCN(C(=O)OC(C)(C)C)C1CC1.I. The minimum atomic E-state index is -0.464. The Labute approximate surface area is 162 Å². The first-order valence-electron chi connectivity index (χ1n) is 8.39. The fraction of sp³-hybridized carbons (Fsp3) is 0.875. The molecule has 7 nitrogen and oxygen atoms in total. The number of hydrogen-bond acceptors (Lipinski definition) is 4. The number of amides is 1. The Hall–Kier alpha value is -0.770. The number of nitrogens with zero attached hydrogens (tertiary/aromatic N) is 2. The van der Waals surface area contributed by atoms with Gasteiger partial charge in [0.1, 0.15) is 5.60 Å². The van der Waals surface area contributed by atoms with Crippen LogP contribution in [0.2, 0.25) is 0 Å². The highest BCUT2D eigenvalue weighted by Gasteiger charge is 2.34. The van der Waals surface area contributed by atoms with Crippen LogP contribution in [-0.4, -0.2) is 68.5 Å². The van der Waals surface area contributed by atoms with E-state index in [1.807, 2.05) is 32.6 Å². The minimum absolute atomic E-state index is 0. The summed E-state index contributed by atoms with van der Waals surface area (Å²) >= 11 is 0. The molecule has 2 N–H and O–H groups in total. The van der Waals surface area contributed by atoms with Crippen molar-refractivity contribution in [3.8, 4) is 0 Å². The van der Waals surface area contributed by atoms with Gasteiger partial charge in [-0.1, -0.05) is 0 Å². The average molecular weight is 456 g/mol. The van der Waals surface area contributed by atoms with E-state index in [1.165, 1.54) is 0 Å². The standard InChI is InChI=1S/C16H32N4O3.HI/c1-6-22-12-10-19-14(17-5)18-9-11-20(13-7-8-13)15(21)23-16(2,3)4;/h13H,6-12H2,1-5H3,(H2,17,18,19);1H. The zero-order valence-electron chi connectivity index (χ0n) is 15.6. The first kappa shape index (κ1) is 23.2. The monoisotopic (exact) mass is 456 g/mol. The van der Waals surface area contributed by atoms with Crippen LogP contribution in [0.3, 0.4) is 0 Å². The van der Waals surface area contributed by atoms with E-state index in [2.05, 4.69) is 15.6 Å². The molecule has 0 spiro atoms. The van der Waals surface area contributed by atoms with Gasteiger partial charge in [-0.15, -0.1) is 24.0 Å². The highest BCUT2D eigenvalue weighted by Crippen LogP contribution is 2.27. The molecule has 1 fully saturated rings.